The summed E-state index contributed by atoms with van der Waals surface area (Å²) in [5.74, 6) is 1.75. The van der Waals surface area contributed by atoms with E-state index in [1.54, 1.807) is 23.1 Å². The van der Waals surface area contributed by atoms with Crippen molar-refractivity contribution in [3.63, 3.8) is 0 Å². The zero-order chi connectivity index (χ0) is 21.1. The van der Waals surface area contributed by atoms with Crippen molar-refractivity contribution < 1.29 is 0 Å². The predicted octanol–water partition coefficient (Wildman–Crippen LogP) is 7.26. The van der Waals surface area contributed by atoms with Gasteiger partial charge < -0.3 is 0 Å². The third-order valence-electron chi connectivity index (χ3n) is 4.79. The van der Waals surface area contributed by atoms with E-state index < -0.39 is 0 Å². The number of aryl methyl sites for hydroxylation is 2. The van der Waals surface area contributed by atoms with E-state index in [0.29, 0.717) is 6.04 Å². The molecule has 0 N–H and O–H groups in total. The SMILES string of the molecule is CCCc1cc(-c2nnc(SCc3csc(-c4ccc(C)cc4)n3)n2C(C)C)cs1. The van der Waals surface area contributed by atoms with E-state index in [0.717, 1.165) is 40.3 Å². The second kappa shape index (κ2) is 9.45. The molecule has 4 aromatic rings. The van der Waals surface area contributed by atoms with Crippen LogP contribution in [-0.4, -0.2) is 19.7 Å². The van der Waals surface area contributed by atoms with Crippen LogP contribution in [-0.2, 0) is 12.2 Å². The van der Waals surface area contributed by atoms with Crippen LogP contribution >= 0.6 is 34.4 Å². The number of nitrogens with zero attached hydrogens (tertiary/aromatic N) is 4. The van der Waals surface area contributed by atoms with Crippen LogP contribution in [0.25, 0.3) is 22.0 Å². The quantitative estimate of drug-likeness (QED) is 0.263. The van der Waals surface area contributed by atoms with Crippen LogP contribution < -0.4 is 0 Å². The summed E-state index contributed by atoms with van der Waals surface area (Å²) in [4.78, 5) is 6.24. The summed E-state index contributed by atoms with van der Waals surface area (Å²) < 4.78 is 2.25. The number of rotatable bonds is 8. The molecule has 30 heavy (non-hydrogen) atoms. The first kappa shape index (κ1) is 21.3. The lowest BCUT2D eigenvalue weighted by molar-refractivity contribution is 0.555. The topological polar surface area (TPSA) is 43.6 Å². The number of hydrogen-bond acceptors (Lipinski definition) is 6. The van der Waals surface area contributed by atoms with Crippen molar-refractivity contribution in [1.82, 2.24) is 19.7 Å². The van der Waals surface area contributed by atoms with Gasteiger partial charge in [0.15, 0.2) is 11.0 Å². The molecule has 3 heterocycles. The van der Waals surface area contributed by atoms with Crippen molar-refractivity contribution >= 4 is 34.4 Å². The highest BCUT2D eigenvalue weighted by molar-refractivity contribution is 7.98. The molecular formula is C23H26N4S3. The fraction of sp³-hybridized carbons (Fsp3) is 0.348. The Morgan fingerprint density at radius 2 is 1.83 bits per heavy atom. The molecule has 1 aromatic carbocycles. The van der Waals surface area contributed by atoms with Gasteiger partial charge in [0.05, 0.1) is 5.69 Å². The minimum absolute atomic E-state index is 0.297. The Morgan fingerprint density at radius 3 is 2.57 bits per heavy atom. The maximum Gasteiger partial charge on any atom is 0.192 e. The van der Waals surface area contributed by atoms with Crippen molar-refractivity contribution in [2.45, 2.75) is 57.5 Å². The molecule has 0 bridgehead atoms. The van der Waals surface area contributed by atoms with Crippen LogP contribution in [0.2, 0.25) is 0 Å². The normalized spacial score (nSPS) is 11.5. The second-order valence-electron chi connectivity index (χ2n) is 7.62. The van der Waals surface area contributed by atoms with Gasteiger partial charge in [0.25, 0.3) is 0 Å². The predicted molar refractivity (Wildman–Crippen MR) is 130 cm³/mol. The van der Waals surface area contributed by atoms with Gasteiger partial charge in [0, 0.05) is 38.6 Å². The Balaban J connectivity index is 1.51. The highest BCUT2D eigenvalue weighted by atomic mass is 32.2. The van der Waals surface area contributed by atoms with E-state index in [1.165, 1.54) is 21.6 Å². The third-order valence-corrected chi connectivity index (χ3v) is 7.70. The minimum Gasteiger partial charge on any atom is -0.299 e. The molecule has 0 unspecified atom stereocenters. The van der Waals surface area contributed by atoms with E-state index in [9.17, 15) is 0 Å². The fourth-order valence-corrected chi connectivity index (χ4v) is 6.11. The Hall–Kier alpha value is -1.96. The van der Waals surface area contributed by atoms with Gasteiger partial charge in [-0.15, -0.1) is 32.9 Å². The van der Waals surface area contributed by atoms with Crippen LogP contribution in [0.15, 0.2) is 46.2 Å². The number of thioether (sulfide) groups is 1. The molecule has 0 amide bonds. The fourth-order valence-electron chi connectivity index (χ4n) is 3.25. The lowest BCUT2D eigenvalue weighted by Gasteiger charge is -2.12. The largest absolute Gasteiger partial charge is 0.299 e. The lowest BCUT2D eigenvalue weighted by atomic mass is 10.2. The van der Waals surface area contributed by atoms with E-state index >= 15 is 0 Å². The number of aromatic nitrogens is 4. The molecule has 4 rings (SSSR count). The van der Waals surface area contributed by atoms with Gasteiger partial charge in [-0.25, -0.2) is 4.98 Å². The highest BCUT2D eigenvalue weighted by Crippen LogP contribution is 2.33. The lowest BCUT2D eigenvalue weighted by Crippen LogP contribution is -2.04. The molecule has 3 aromatic heterocycles. The van der Waals surface area contributed by atoms with E-state index in [-0.39, 0.29) is 0 Å². The molecular weight excluding hydrogens is 428 g/mol. The van der Waals surface area contributed by atoms with Crippen LogP contribution in [0, 0.1) is 6.92 Å². The molecule has 0 aliphatic rings. The van der Waals surface area contributed by atoms with Gasteiger partial charge in [0.2, 0.25) is 0 Å². The molecule has 0 saturated carbocycles. The number of hydrogen-bond donors (Lipinski definition) is 0. The number of thiophene rings is 1. The van der Waals surface area contributed by atoms with Gasteiger partial charge >= 0.3 is 0 Å². The Bertz CT molecular complexity index is 1110. The number of thiazole rings is 1. The van der Waals surface area contributed by atoms with Crippen LogP contribution in [0.3, 0.4) is 0 Å². The van der Waals surface area contributed by atoms with Gasteiger partial charge in [-0.2, -0.15) is 0 Å². The molecule has 0 aliphatic heterocycles. The monoisotopic (exact) mass is 454 g/mol. The summed E-state index contributed by atoms with van der Waals surface area (Å²) in [5.41, 5.74) is 4.70. The summed E-state index contributed by atoms with van der Waals surface area (Å²) in [6.07, 6.45) is 2.28. The van der Waals surface area contributed by atoms with Crippen molar-refractivity contribution in [1.29, 1.82) is 0 Å². The molecule has 0 atom stereocenters. The van der Waals surface area contributed by atoms with Crippen LogP contribution in [0.4, 0.5) is 0 Å². The maximum atomic E-state index is 4.83. The van der Waals surface area contributed by atoms with Crippen molar-refractivity contribution in [3.05, 3.63) is 57.2 Å². The molecule has 7 heteroatoms. The minimum atomic E-state index is 0.297. The summed E-state index contributed by atoms with van der Waals surface area (Å²) >= 11 is 5.22. The molecule has 0 aliphatic carbocycles. The van der Waals surface area contributed by atoms with Crippen LogP contribution in [0.5, 0.6) is 0 Å². The highest BCUT2D eigenvalue weighted by Gasteiger charge is 2.18. The van der Waals surface area contributed by atoms with Gasteiger partial charge in [-0.3, -0.25) is 4.57 Å². The maximum absolute atomic E-state index is 4.83. The molecule has 0 radical (unpaired) electrons. The van der Waals surface area contributed by atoms with Gasteiger partial charge in [0.1, 0.15) is 5.01 Å². The van der Waals surface area contributed by atoms with Crippen molar-refractivity contribution in [2.75, 3.05) is 0 Å². The summed E-state index contributed by atoms with van der Waals surface area (Å²) in [6, 6.07) is 11.1. The Kier molecular flexibility index (Phi) is 6.71. The first-order valence-corrected chi connectivity index (χ1v) is 13.0. The van der Waals surface area contributed by atoms with Crippen molar-refractivity contribution in [2.24, 2.45) is 0 Å². The van der Waals surface area contributed by atoms with E-state index in [2.05, 4.69) is 83.6 Å². The summed E-state index contributed by atoms with van der Waals surface area (Å²) in [7, 11) is 0. The average Bonchev–Trinajstić information content (AvgIpc) is 3.46. The Labute approximate surface area is 190 Å². The number of benzene rings is 1. The molecule has 4 nitrogen and oxygen atoms in total. The smallest absolute Gasteiger partial charge is 0.192 e. The first-order chi connectivity index (χ1) is 14.5. The molecule has 156 valence electrons. The van der Waals surface area contributed by atoms with Gasteiger partial charge in [-0.1, -0.05) is 54.9 Å². The molecule has 0 saturated heterocycles. The third kappa shape index (κ3) is 4.68. The summed E-state index contributed by atoms with van der Waals surface area (Å²) in [5, 5.41) is 15.4. The second-order valence-corrected chi connectivity index (χ2v) is 10.4. The summed E-state index contributed by atoms with van der Waals surface area (Å²) in [6.45, 7) is 8.70. The molecule has 0 spiro atoms. The zero-order valence-corrected chi connectivity index (χ0v) is 20.2. The Morgan fingerprint density at radius 1 is 1.03 bits per heavy atom. The van der Waals surface area contributed by atoms with E-state index in [1.807, 2.05) is 11.3 Å². The average molecular weight is 455 g/mol. The zero-order valence-electron chi connectivity index (χ0n) is 17.8. The first-order valence-electron chi connectivity index (χ1n) is 10.2. The van der Waals surface area contributed by atoms with Crippen molar-refractivity contribution in [3.8, 4) is 22.0 Å². The standard InChI is InChI=1S/C23H26N4S3/c1-5-6-20-11-18(12-28-20)21-25-26-23(27(21)15(2)3)30-14-19-13-29-22(24-19)17-9-7-16(4)8-10-17/h7-13,15H,5-6,14H2,1-4H3. The van der Waals surface area contributed by atoms with E-state index in [4.69, 9.17) is 4.98 Å². The van der Waals surface area contributed by atoms with Crippen LogP contribution in [0.1, 0.15) is 49.4 Å². The molecule has 0 fully saturated rings. The van der Waals surface area contributed by atoms with Gasteiger partial charge in [-0.05, 0) is 33.3 Å².